The van der Waals surface area contributed by atoms with Crippen LogP contribution in [0.1, 0.15) is 17.0 Å². The summed E-state index contributed by atoms with van der Waals surface area (Å²) in [6.45, 7) is 0. The Morgan fingerprint density at radius 3 is 1.97 bits per heavy atom. The Bertz CT molecular complexity index is 1120. The molecule has 0 radical (unpaired) electrons. The van der Waals surface area contributed by atoms with Crippen LogP contribution in [0.5, 0.6) is 0 Å². The molecule has 0 saturated heterocycles. The van der Waals surface area contributed by atoms with Gasteiger partial charge >= 0.3 is 18.1 Å². The summed E-state index contributed by atoms with van der Waals surface area (Å²) in [5.74, 6) is -2.72. The normalized spacial score (nSPS) is 14.3. The van der Waals surface area contributed by atoms with E-state index in [1.165, 1.54) is 53.7 Å². The maximum Gasteiger partial charge on any atom is 0.416 e. The molecule has 1 heterocycles. The fourth-order valence-corrected chi connectivity index (χ4v) is 3.37. The Balaban J connectivity index is 2.17. The van der Waals surface area contributed by atoms with E-state index in [0.29, 0.717) is 5.56 Å². The van der Waals surface area contributed by atoms with E-state index in [4.69, 9.17) is 9.47 Å². The van der Waals surface area contributed by atoms with Gasteiger partial charge in [-0.3, -0.25) is 10.1 Å². The van der Waals surface area contributed by atoms with Crippen molar-refractivity contribution >= 4 is 23.3 Å². The highest BCUT2D eigenvalue weighted by atomic mass is 19.4. The van der Waals surface area contributed by atoms with E-state index in [1.54, 1.807) is 0 Å². The second-order valence-electron chi connectivity index (χ2n) is 6.89. The monoisotopic (exact) mass is 462 g/mol. The Hall–Kier alpha value is -4.15. The van der Waals surface area contributed by atoms with Crippen LogP contribution in [-0.2, 0) is 25.2 Å². The van der Waals surface area contributed by atoms with Gasteiger partial charge in [-0.25, -0.2) is 9.59 Å². The first kappa shape index (κ1) is 23.5. The lowest BCUT2D eigenvalue weighted by Crippen LogP contribution is -2.28. The molecule has 1 aliphatic rings. The molecule has 8 nitrogen and oxygen atoms in total. The van der Waals surface area contributed by atoms with Crippen LogP contribution in [0.2, 0.25) is 0 Å². The van der Waals surface area contributed by atoms with E-state index in [1.807, 2.05) is 0 Å². The average molecular weight is 462 g/mol. The third-order valence-electron chi connectivity index (χ3n) is 4.93. The number of benzene rings is 2. The highest BCUT2D eigenvalue weighted by Gasteiger charge is 2.36. The number of carbonyl (C=O) groups is 2. The highest BCUT2D eigenvalue weighted by Crippen LogP contribution is 2.40. The van der Waals surface area contributed by atoms with Gasteiger partial charge in [0, 0.05) is 30.2 Å². The molecule has 11 heteroatoms. The molecule has 0 spiro atoms. The number of ether oxygens (including phenoxy) is 2. The zero-order chi connectivity index (χ0) is 24.3. The molecule has 0 saturated carbocycles. The molecular weight excluding hydrogens is 445 g/mol. The van der Waals surface area contributed by atoms with Crippen LogP contribution in [0.25, 0.3) is 0 Å². The van der Waals surface area contributed by atoms with Crippen LogP contribution in [0.15, 0.2) is 72.1 Å². The van der Waals surface area contributed by atoms with Crippen molar-refractivity contribution in [3.05, 3.63) is 93.3 Å². The summed E-state index contributed by atoms with van der Waals surface area (Å²) in [5.41, 5.74) is -0.892. The van der Waals surface area contributed by atoms with E-state index >= 15 is 0 Å². The number of rotatable bonds is 5. The lowest BCUT2D eigenvalue weighted by Gasteiger charge is -2.30. The standard InChI is InChI=1S/C22H17F3N2O6/c1-32-20(28)17-11-26(16-5-3-4-14(10-16)22(23,24)25)12-18(21(29)33-2)19(17)13-6-8-15(9-7-13)27(30)31/h3-12,19H,1-2H3. The number of anilines is 1. The van der Waals surface area contributed by atoms with E-state index < -0.39 is 34.5 Å². The van der Waals surface area contributed by atoms with Crippen LogP contribution in [0, 0.1) is 10.1 Å². The molecule has 0 aromatic heterocycles. The van der Waals surface area contributed by atoms with Gasteiger partial charge in [0.05, 0.1) is 41.8 Å². The summed E-state index contributed by atoms with van der Waals surface area (Å²) in [5, 5.41) is 11.0. The van der Waals surface area contributed by atoms with Gasteiger partial charge in [0.25, 0.3) is 5.69 Å². The summed E-state index contributed by atoms with van der Waals surface area (Å²) < 4.78 is 49.2. The molecule has 1 aliphatic heterocycles. The quantitative estimate of drug-likeness (QED) is 0.371. The Labute approximate surface area is 185 Å². The number of non-ortho nitro benzene ring substituents is 1. The first-order chi connectivity index (χ1) is 15.6. The summed E-state index contributed by atoms with van der Waals surface area (Å²) >= 11 is 0. The van der Waals surface area contributed by atoms with Crippen LogP contribution in [0.3, 0.4) is 0 Å². The third-order valence-corrected chi connectivity index (χ3v) is 4.93. The number of nitro benzene ring substituents is 1. The van der Waals surface area contributed by atoms with Crippen molar-refractivity contribution in [3.8, 4) is 0 Å². The zero-order valence-electron chi connectivity index (χ0n) is 17.3. The smallest absolute Gasteiger partial charge is 0.416 e. The summed E-state index contributed by atoms with van der Waals surface area (Å²) in [4.78, 5) is 36.8. The average Bonchev–Trinajstić information content (AvgIpc) is 2.81. The van der Waals surface area contributed by atoms with Crippen molar-refractivity contribution < 1.29 is 37.2 Å². The minimum absolute atomic E-state index is 0.0368. The van der Waals surface area contributed by atoms with Gasteiger partial charge in [0.2, 0.25) is 0 Å². The van der Waals surface area contributed by atoms with Crippen LogP contribution in [-0.4, -0.2) is 31.1 Å². The number of nitro groups is 1. The van der Waals surface area contributed by atoms with Gasteiger partial charge in [-0.05, 0) is 23.8 Å². The van der Waals surface area contributed by atoms with Crippen LogP contribution < -0.4 is 4.90 Å². The van der Waals surface area contributed by atoms with E-state index in [0.717, 1.165) is 26.4 Å². The molecule has 2 aromatic rings. The van der Waals surface area contributed by atoms with E-state index in [-0.39, 0.29) is 22.5 Å². The summed E-state index contributed by atoms with van der Waals surface area (Å²) in [7, 11) is 2.22. The number of alkyl halides is 3. The molecule has 0 aliphatic carbocycles. The first-order valence-electron chi connectivity index (χ1n) is 9.36. The number of halogens is 3. The Morgan fingerprint density at radius 1 is 0.970 bits per heavy atom. The Kier molecular flexibility index (Phi) is 6.52. The van der Waals surface area contributed by atoms with E-state index in [9.17, 15) is 32.9 Å². The summed E-state index contributed by atoms with van der Waals surface area (Å²) in [6.07, 6.45) is -2.10. The summed E-state index contributed by atoms with van der Waals surface area (Å²) in [6, 6.07) is 9.48. The predicted octanol–water partition coefficient (Wildman–Crippen LogP) is 4.33. The van der Waals surface area contributed by atoms with Crippen LogP contribution in [0.4, 0.5) is 24.5 Å². The van der Waals surface area contributed by atoms with Crippen molar-refractivity contribution in [1.29, 1.82) is 0 Å². The van der Waals surface area contributed by atoms with Gasteiger partial charge in [-0.2, -0.15) is 13.2 Å². The maximum atomic E-state index is 13.2. The molecule has 0 amide bonds. The lowest BCUT2D eigenvalue weighted by atomic mass is 9.83. The minimum atomic E-state index is -4.60. The fourth-order valence-electron chi connectivity index (χ4n) is 3.37. The maximum absolute atomic E-state index is 13.2. The molecule has 33 heavy (non-hydrogen) atoms. The number of nitrogens with zero attached hydrogens (tertiary/aromatic N) is 2. The predicted molar refractivity (Wildman–Crippen MR) is 110 cm³/mol. The molecule has 0 unspecified atom stereocenters. The molecule has 0 fully saturated rings. The fraction of sp³-hybridized carbons (Fsp3) is 0.182. The van der Waals surface area contributed by atoms with Crippen molar-refractivity contribution in [2.24, 2.45) is 0 Å². The largest absolute Gasteiger partial charge is 0.466 e. The number of carbonyl (C=O) groups excluding carboxylic acids is 2. The topological polar surface area (TPSA) is 99.0 Å². The van der Waals surface area contributed by atoms with Crippen LogP contribution >= 0.6 is 0 Å². The van der Waals surface area contributed by atoms with Gasteiger partial charge in [0.15, 0.2) is 0 Å². The molecule has 172 valence electrons. The van der Waals surface area contributed by atoms with Crippen molar-refractivity contribution in [2.45, 2.75) is 12.1 Å². The number of hydrogen-bond donors (Lipinski definition) is 0. The lowest BCUT2D eigenvalue weighted by molar-refractivity contribution is -0.384. The zero-order valence-corrected chi connectivity index (χ0v) is 17.3. The van der Waals surface area contributed by atoms with Crippen molar-refractivity contribution in [3.63, 3.8) is 0 Å². The number of methoxy groups -OCH3 is 2. The van der Waals surface area contributed by atoms with Gasteiger partial charge in [-0.1, -0.05) is 18.2 Å². The Morgan fingerprint density at radius 2 is 1.52 bits per heavy atom. The SMILES string of the molecule is COC(=O)C1=CN(c2cccc(C(F)(F)F)c2)C=C(C(=O)OC)C1c1ccc([N+](=O)[O-])cc1. The minimum Gasteiger partial charge on any atom is -0.466 e. The third kappa shape index (κ3) is 4.86. The van der Waals surface area contributed by atoms with Crippen molar-refractivity contribution in [1.82, 2.24) is 0 Å². The van der Waals surface area contributed by atoms with Gasteiger partial charge in [-0.15, -0.1) is 0 Å². The van der Waals surface area contributed by atoms with Crippen molar-refractivity contribution in [2.75, 3.05) is 19.1 Å². The highest BCUT2D eigenvalue weighted by molar-refractivity contribution is 6.00. The molecular formula is C22H17F3N2O6. The second-order valence-corrected chi connectivity index (χ2v) is 6.89. The second kappa shape index (κ2) is 9.15. The number of esters is 2. The molecule has 0 atom stereocenters. The van der Waals surface area contributed by atoms with Gasteiger partial charge < -0.3 is 14.4 Å². The number of hydrogen-bond acceptors (Lipinski definition) is 7. The molecule has 3 rings (SSSR count). The van der Waals surface area contributed by atoms with Gasteiger partial charge in [0.1, 0.15) is 0 Å². The molecule has 2 aromatic carbocycles. The van der Waals surface area contributed by atoms with E-state index in [2.05, 4.69) is 0 Å². The first-order valence-corrected chi connectivity index (χ1v) is 9.36. The molecule has 0 N–H and O–H groups in total. The molecule has 0 bridgehead atoms.